The van der Waals surface area contributed by atoms with Gasteiger partial charge in [0.05, 0.1) is 5.60 Å². The summed E-state index contributed by atoms with van der Waals surface area (Å²) in [6.45, 7) is 8.46. The van der Waals surface area contributed by atoms with Crippen molar-refractivity contribution in [3.8, 4) is 0 Å². The Bertz CT molecular complexity index is 189. The fourth-order valence-electron chi connectivity index (χ4n) is 2.73. The third-order valence-electron chi connectivity index (χ3n) is 3.39. The highest BCUT2D eigenvalue weighted by atomic mass is 16.3. The normalized spacial score (nSPS) is 27.6. The summed E-state index contributed by atoms with van der Waals surface area (Å²) in [5, 5.41) is 9.87. The van der Waals surface area contributed by atoms with Gasteiger partial charge < -0.3 is 10.8 Å². The summed E-state index contributed by atoms with van der Waals surface area (Å²) < 4.78 is 0. The summed E-state index contributed by atoms with van der Waals surface area (Å²) in [6.07, 6.45) is 3.78. The zero-order valence-electron chi connectivity index (χ0n) is 10.4. The Kier molecular flexibility index (Phi) is 4.56. The highest BCUT2D eigenvalue weighted by Gasteiger charge is 2.32. The molecule has 0 spiro atoms. The number of rotatable bonds is 5. The Morgan fingerprint density at radius 2 is 2.07 bits per heavy atom. The average molecular weight is 214 g/mol. The molecular formula is C12H26N2O. The molecule has 0 bridgehead atoms. The van der Waals surface area contributed by atoms with Gasteiger partial charge in [0.15, 0.2) is 0 Å². The van der Waals surface area contributed by atoms with Crippen molar-refractivity contribution in [3.63, 3.8) is 0 Å². The zero-order chi connectivity index (χ0) is 11.5. The highest BCUT2D eigenvalue weighted by molar-refractivity contribution is 4.87. The molecule has 2 unspecified atom stereocenters. The molecule has 0 saturated heterocycles. The van der Waals surface area contributed by atoms with Crippen LogP contribution in [0.2, 0.25) is 0 Å². The molecule has 0 aliphatic heterocycles. The molecular weight excluding hydrogens is 188 g/mol. The Morgan fingerprint density at radius 1 is 1.40 bits per heavy atom. The van der Waals surface area contributed by atoms with Crippen molar-refractivity contribution in [2.24, 2.45) is 11.7 Å². The lowest BCUT2D eigenvalue weighted by Crippen LogP contribution is -2.47. The van der Waals surface area contributed by atoms with Crippen molar-refractivity contribution in [2.75, 3.05) is 19.6 Å². The van der Waals surface area contributed by atoms with Crippen LogP contribution in [0.5, 0.6) is 0 Å². The number of likely N-dealkylation sites (N-methyl/N-ethyl adjacent to an activating group) is 1. The van der Waals surface area contributed by atoms with Crippen molar-refractivity contribution in [1.29, 1.82) is 0 Å². The van der Waals surface area contributed by atoms with Crippen LogP contribution in [-0.4, -0.2) is 41.3 Å². The van der Waals surface area contributed by atoms with E-state index in [2.05, 4.69) is 11.8 Å². The van der Waals surface area contributed by atoms with Gasteiger partial charge in [0.1, 0.15) is 0 Å². The first-order valence-corrected chi connectivity index (χ1v) is 6.14. The van der Waals surface area contributed by atoms with E-state index in [-0.39, 0.29) is 0 Å². The predicted molar refractivity (Wildman–Crippen MR) is 63.7 cm³/mol. The van der Waals surface area contributed by atoms with Crippen LogP contribution in [0, 0.1) is 5.92 Å². The molecule has 0 aromatic rings. The smallest absolute Gasteiger partial charge is 0.0718 e. The number of aliphatic hydroxyl groups is 1. The molecule has 0 amide bonds. The van der Waals surface area contributed by atoms with Crippen LogP contribution in [0.15, 0.2) is 0 Å². The van der Waals surface area contributed by atoms with Gasteiger partial charge in [-0.1, -0.05) is 13.3 Å². The van der Waals surface area contributed by atoms with Gasteiger partial charge in [0, 0.05) is 12.6 Å². The molecule has 1 fully saturated rings. The molecule has 1 saturated carbocycles. The average Bonchev–Trinajstić information content (AvgIpc) is 2.60. The van der Waals surface area contributed by atoms with Gasteiger partial charge in [-0.2, -0.15) is 0 Å². The van der Waals surface area contributed by atoms with E-state index in [9.17, 15) is 5.11 Å². The second-order valence-corrected chi connectivity index (χ2v) is 5.37. The Morgan fingerprint density at radius 3 is 2.53 bits per heavy atom. The molecule has 3 N–H and O–H groups in total. The fourth-order valence-corrected chi connectivity index (χ4v) is 2.73. The first-order valence-electron chi connectivity index (χ1n) is 6.14. The molecule has 0 aromatic carbocycles. The van der Waals surface area contributed by atoms with Gasteiger partial charge in [-0.15, -0.1) is 0 Å². The van der Waals surface area contributed by atoms with E-state index in [0.29, 0.717) is 12.0 Å². The summed E-state index contributed by atoms with van der Waals surface area (Å²) in [4.78, 5) is 2.39. The van der Waals surface area contributed by atoms with Gasteiger partial charge in [-0.25, -0.2) is 0 Å². The van der Waals surface area contributed by atoms with E-state index in [0.717, 1.165) is 19.6 Å². The summed E-state index contributed by atoms with van der Waals surface area (Å²) in [5.41, 5.74) is 5.19. The number of nitrogens with two attached hydrogens (primary N) is 1. The molecule has 3 nitrogen and oxygen atoms in total. The molecule has 1 rings (SSSR count). The molecule has 1 aliphatic carbocycles. The van der Waals surface area contributed by atoms with Crippen LogP contribution in [0.4, 0.5) is 0 Å². The predicted octanol–water partition coefficient (Wildman–Crippen LogP) is 1.21. The first-order chi connectivity index (χ1) is 6.98. The van der Waals surface area contributed by atoms with E-state index in [1.807, 2.05) is 13.8 Å². The largest absolute Gasteiger partial charge is 0.389 e. The topological polar surface area (TPSA) is 49.5 Å². The van der Waals surface area contributed by atoms with E-state index in [1.165, 1.54) is 19.3 Å². The summed E-state index contributed by atoms with van der Waals surface area (Å²) in [6, 6.07) is 0.589. The maximum atomic E-state index is 9.87. The third kappa shape index (κ3) is 3.74. The summed E-state index contributed by atoms with van der Waals surface area (Å²) >= 11 is 0. The minimum atomic E-state index is -0.599. The molecule has 90 valence electrons. The second-order valence-electron chi connectivity index (χ2n) is 5.37. The molecule has 0 aromatic heterocycles. The fraction of sp³-hybridized carbons (Fsp3) is 1.00. The molecule has 3 heteroatoms. The van der Waals surface area contributed by atoms with Crippen molar-refractivity contribution in [3.05, 3.63) is 0 Å². The Hall–Kier alpha value is -0.120. The Balaban J connectivity index is 2.57. The minimum absolute atomic E-state index is 0.589. The third-order valence-corrected chi connectivity index (χ3v) is 3.39. The van der Waals surface area contributed by atoms with E-state index < -0.39 is 5.60 Å². The maximum Gasteiger partial charge on any atom is 0.0718 e. The van der Waals surface area contributed by atoms with Crippen LogP contribution in [0.3, 0.4) is 0 Å². The SMILES string of the molecule is CCN(CC(C)(C)O)C1CCCC1CN. The minimum Gasteiger partial charge on any atom is -0.389 e. The standard InChI is InChI=1S/C12H26N2O/c1-4-14(9-12(2,3)15)11-7-5-6-10(11)8-13/h10-11,15H,4-9,13H2,1-3H3. The number of hydrogen-bond donors (Lipinski definition) is 2. The van der Waals surface area contributed by atoms with E-state index in [1.54, 1.807) is 0 Å². The summed E-state index contributed by atoms with van der Waals surface area (Å²) in [5.74, 6) is 0.632. The van der Waals surface area contributed by atoms with Crippen molar-refractivity contribution in [1.82, 2.24) is 4.90 Å². The molecule has 1 aliphatic rings. The van der Waals surface area contributed by atoms with Crippen LogP contribution in [0.1, 0.15) is 40.0 Å². The van der Waals surface area contributed by atoms with Crippen LogP contribution in [-0.2, 0) is 0 Å². The lowest BCUT2D eigenvalue weighted by Gasteiger charge is -2.35. The first kappa shape index (κ1) is 12.9. The van der Waals surface area contributed by atoms with Crippen LogP contribution < -0.4 is 5.73 Å². The maximum absolute atomic E-state index is 9.87. The van der Waals surface area contributed by atoms with Gasteiger partial charge in [0.25, 0.3) is 0 Å². The Labute approximate surface area is 93.6 Å². The highest BCUT2D eigenvalue weighted by Crippen LogP contribution is 2.29. The second kappa shape index (κ2) is 5.28. The number of hydrogen-bond acceptors (Lipinski definition) is 3. The summed E-state index contributed by atoms with van der Waals surface area (Å²) in [7, 11) is 0. The van der Waals surface area contributed by atoms with Gasteiger partial charge in [-0.3, -0.25) is 4.90 Å². The molecule has 0 radical (unpaired) electrons. The van der Waals surface area contributed by atoms with E-state index in [4.69, 9.17) is 5.73 Å². The number of nitrogens with zero attached hydrogens (tertiary/aromatic N) is 1. The van der Waals surface area contributed by atoms with Gasteiger partial charge >= 0.3 is 0 Å². The molecule has 2 atom stereocenters. The lowest BCUT2D eigenvalue weighted by molar-refractivity contribution is 0.0165. The van der Waals surface area contributed by atoms with Gasteiger partial charge in [-0.05, 0) is 45.7 Å². The van der Waals surface area contributed by atoms with Crippen LogP contribution >= 0.6 is 0 Å². The zero-order valence-corrected chi connectivity index (χ0v) is 10.4. The quantitative estimate of drug-likeness (QED) is 0.723. The van der Waals surface area contributed by atoms with E-state index >= 15 is 0 Å². The van der Waals surface area contributed by atoms with Crippen molar-refractivity contribution < 1.29 is 5.11 Å². The molecule has 15 heavy (non-hydrogen) atoms. The van der Waals surface area contributed by atoms with Gasteiger partial charge in [0.2, 0.25) is 0 Å². The lowest BCUT2D eigenvalue weighted by atomic mass is 10.00. The monoisotopic (exact) mass is 214 g/mol. The van der Waals surface area contributed by atoms with Crippen molar-refractivity contribution >= 4 is 0 Å². The van der Waals surface area contributed by atoms with Crippen LogP contribution in [0.25, 0.3) is 0 Å². The molecule has 0 heterocycles. The van der Waals surface area contributed by atoms with Crippen molar-refractivity contribution in [2.45, 2.75) is 51.7 Å².